The third-order valence-electron chi connectivity index (χ3n) is 6.64. The van der Waals surface area contributed by atoms with E-state index in [0.29, 0.717) is 5.82 Å². The Morgan fingerprint density at radius 3 is 2.19 bits per heavy atom. The zero-order chi connectivity index (χ0) is 22.4. The van der Waals surface area contributed by atoms with E-state index in [1.807, 2.05) is 0 Å². The summed E-state index contributed by atoms with van der Waals surface area (Å²) in [4.78, 5) is 8.67. The minimum Gasteiger partial charge on any atom is -0.490 e. The van der Waals surface area contributed by atoms with Gasteiger partial charge >= 0.3 is 0 Å². The quantitative estimate of drug-likeness (QED) is 0.270. The Balaban J connectivity index is 1.42. The van der Waals surface area contributed by atoms with Crippen molar-refractivity contribution in [2.45, 2.75) is 96.8 Å². The van der Waals surface area contributed by atoms with E-state index in [0.717, 1.165) is 36.2 Å². The highest BCUT2D eigenvalue weighted by Gasteiger charge is 2.21. The summed E-state index contributed by atoms with van der Waals surface area (Å²) >= 11 is 0. The summed E-state index contributed by atoms with van der Waals surface area (Å²) in [5, 5.41) is 0. The Morgan fingerprint density at radius 1 is 0.812 bits per heavy atom. The molecule has 0 N–H and O–H groups in total. The van der Waals surface area contributed by atoms with Crippen LogP contribution in [0, 0.1) is 17.8 Å². The van der Waals surface area contributed by atoms with E-state index in [1.165, 1.54) is 76.2 Å². The normalized spacial score (nSPS) is 18.1. The number of hydrogen-bond acceptors (Lipinski definition) is 3. The van der Waals surface area contributed by atoms with Gasteiger partial charge in [0, 0.05) is 5.56 Å². The average molecular weight is 433 g/mol. The molecule has 2 aromatic rings. The van der Waals surface area contributed by atoms with Gasteiger partial charge in [0.1, 0.15) is 0 Å². The molecule has 0 amide bonds. The molecule has 0 bridgehead atoms. The predicted octanol–water partition coefficient (Wildman–Crippen LogP) is 7.69. The maximum absolute atomic E-state index is 5.75. The van der Waals surface area contributed by atoms with Gasteiger partial charge in [0.2, 0.25) is 5.82 Å². The van der Waals surface area contributed by atoms with Crippen LogP contribution in [0.25, 0.3) is 0 Å². The van der Waals surface area contributed by atoms with E-state index in [1.54, 1.807) is 12.4 Å². The zero-order valence-corrected chi connectivity index (χ0v) is 20.1. The fourth-order valence-corrected chi connectivity index (χ4v) is 4.69. The fourth-order valence-electron chi connectivity index (χ4n) is 4.69. The first kappa shape index (κ1) is 24.3. The molecule has 1 aliphatic rings. The van der Waals surface area contributed by atoms with Crippen molar-refractivity contribution in [3.63, 3.8) is 0 Å². The molecule has 1 fully saturated rings. The van der Waals surface area contributed by atoms with Crippen LogP contribution in [0.2, 0.25) is 0 Å². The lowest BCUT2D eigenvalue weighted by Gasteiger charge is -2.28. The van der Waals surface area contributed by atoms with Gasteiger partial charge in [-0.05, 0) is 67.6 Å². The van der Waals surface area contributed by atoms with E-state index in [-0.39, 0.29) is 0 Å². The molecule has 0 spiro atoms. The van der Waals surface area contributed by atoms with E-state index < -0.39 is 0 Å². The van der Waals surface area contributed by atoms with Crippen LogP contribution < -0.4 is 4.74 Å². The van der Waals surface area contributed by atoms with Crippen LogP contribution in [0.5, 0.6) is 5.75 Å². The molecule has 172 valence electrons. The Labute approximate surface area is 195 Å². The maximum atomic E-state index is 5.75. The number of hydrogen-bond donors (Lipinski definition) is 0. The van der Waals surface area contributed by atoms with Gasteiger partial charge < -0.3 is 4.74 Å². The third kappa shape index (κ3) is 8.30. The van der Waals surface area contributed by atoms with Gasteiger partial charge in [0.05, 0.1) is 19.0 Å². The SMILES string of the molecule is CCCCCCCCOc1cnc(C#Cc2ccc(C3CCC(CCC)CC3)cc2)nc1. The van der Waals surface area contributed by atoms with Crippen molar-refractivity contribution in [2.75, 3.05) is 6.61 Å². The second kappa shape index (κ2) is 13.9. The topological polar surface area (TPSA) is 35.0 Å². The molecule has 3 heteroatoms. The lowest BCUT2D eigenvalue weighted by molar-refractivity contribution is 0.302. The Hall–Kier alpha value is -2.34. The van der Waals surface area contributed by atoms with Crippen molar-refractivity contribution in [3.8, 4) is 17.6 Å². The minimum atomic E-state index is 0.537. The van der Waals surface area contributed by atoms with Gasteiger partial charge in [0.15, 0.2) is 5.75 Å². The molecule has 0 atom stereocenters. The average Bonchev–Trinajstić information content (AvgIpc) is 2.84. The number of benzene rings is 1. The molecular weight excluding hydrogens is 392 g/mol. The van der Waals surface area contributed by atoms with Crippen molar-refractivity contribution < 1.29 is 4.74 Å². The summed E-state index contributed by atoms with van der Waals surface area (Å²) in [7, 11) is 0. The first-order valence-corrected chi connectivity index (χ1v) is 12.8. The molecule has 3 nitrogen and oxygen atoms in total. The first-order valence-electron chi connectivity index (χ1n) is 12.8. The highest BCUT2D eigenvalue weighted by molar-refractivity contribution is 5.40. The van der Waals surface area contributed by atoms with Crippen LogP contribution in [-0.4, -0.2) is 16.6 Å². The van der Waals surface area contributed by atoms with E-state index in [9.17, 15) is 0 Å². The Bertz CT molecular complexity index is 824. The standard InChI is InChI=1S/C29H40N2O/c1-3-5-6-7-8-9-21-32-28-22-30-29(31-23-28)20-15-25-13-18-27(19-14-25)26-16-11-24(10-4-2)12-17-26/h13-14,18-19,22-24,26H,3-12,16-17,21H2,1-2H3. The van der Waals surface area contributed by atoms with Gasteiger partial charge in [-0.3, -0.25) is 0 Å². The zero-order valence-electron chi connectivity index (χ0n) is 20.1. The molecule has 1 saturated carbocycles. The second-order valence-corrected chi connectivity index (χ2v) is 9.24. The molecule has 1 aromatic heterocycles. The van der Waals surface area contributed by atoms with Crippen molar-refractivity contribution in [1.29, 1.82) is 0 Å². The highest BCUT2D eigenvalue weighted by atomic mass is 16.5. The summed E-state index contributed by atoms with van der Waals surface area (Å²) in [6.07, 6.45) is 19.2. The molecule has 1 heterocycles. The van der Waals surface area contributed by atoms with E-state index >= 15 is 0 Å². The van der Waals surface area contributed by atoms with Gasteiger partial charge in [-0.1, -0.05) is 76.8 Å². The molecule has 0 radical (unpaired) electrons. The first-order chi connectivity index (χ1) is 15.8. The van der Waals surface area contributed by atoms with E-state index in [2.05, 4.69) is 59.9 Å². The van der Waals surface area contributed by atoms with Crippen LogP contribution in [0.1, 0.15) is 114 Å². The molecular formula is C29H40N2O. The van der Waals surface area contributed by atoms with Crippen molar-refractivity contribution >= 4 is 0 Å². The van der Waals surface area contributed by atoms with Crippen LogP contribution in [0.15, 0.2) is 36.7 Å². The van der Waals surface area contributed by atoms with Crippen LogP contribution in [0.4, 0.5) is 0 Å². The van der Waals surface area contributed by atoms with Gasteiger partial charge in [0.25, 0.3) is 0 Å². The van der Waals surface area contributed by atoms with Crippen LogP contribution in [0.3, 0.4) is 0 Å². The lowest BCUT2D eigenvalue weighted by Crippen LogP contribution is -2.13. The van der Waals surface area contributed by atoms with E-state index in [4.69, 9.17) is 4.74 Å². The van der Waals surface area contributed by atoms with Gasteiger partial charge in [-0.15, -0.1) is 0 Å². The second-order valence-electron chi connectivity index (χ2n) is 9.24. The fraction of sp³-hybridized carbons (Fsp3) is 0.586. The molecule has 0 unspecified atom stereocenters. The minimum absolute atomic E-state index is 0.537. The number of ether oxygens (including phenoxy) is 1. The number of aromatic nitrogens is 2. The highest BCUT2D eigenvalue weighted by Crippen LogP contribution is 2.37. The third-order valence-corrected chi connectivity index (χ3v) is 6.64. The van der Waals surface area contributed by atoms with Crippen LogP contribution in [-0.2, 0) is 0 Å². The molecule has 1 aromatic carbocycles. The lowest BCUT2D eigenvalue weighted by atomic mass is 9.77. The summed E-state index contributed by atoms with van der Waals surface area (Å²) in [6, 6.07) is 8.79. The largest absolute Gasteiger partial charge is 0.490 e. The van der Waals surface area contributed by atoms with Gasteiger partial charge in [-0.25, -0.2) is 9.97 Å². The molecule has 3 rings (SSSR count). The summed E-state index contributed by atoms with van der Waals surface area (Å²) in [5.41, 5.74) is 2.48. The van der Waals surface area contributed by atoms with Crippen molar-refractivity contribution in [2.24, 2.45) is 5.92 Å². The van der Waals surface area contributed by atoms with Gasteiger partial charge in [-0.2, -0.15) is 0 Å². The summed E-state index contributed by atoms with van der Waals surface area (Å²) in [5.74, 6) is 9.20. The number of unbranched alkanes of at least 4 members (excludes halogenated alkanes) is 5. The predicted molar refractivity (Wildman–Crippen MR) is 133 cm³/mol. The molecule has 1 aliphatic carbocycles. The summed E-state index contributed by atoms with van der Waals surface area (Å²) in [6.45, 7) is 5.27. The van der Waals surface area contributed by atoms with Crippen molar-refractivity contribution in [1.82, 2.24) is 9.97 Å². The monoisotopic (exact) mass is 432 g/mol. The Morgan fingerprint density at radius 2 is 1.50 bits per heavy atom. The molecule has 0 saturated heterocycles. The molecule has 32 heavy (non-hydrogen) atoms. The molecule has 0 aliphatic heterocycles. The smallest absolute Gasteiger partial charge is 0.205 e. The van der Waals surface area contributed by atoms with Crippen LogP contribution >= 0.6 is 0 Å². The summed E-state index contributed by atoms with van der Waals surface area (Å²) < 4.78 is 5.75. The maximum Gasteiger partial charge on any atom is 0.205 e. The Kier molecular flexibility index (Phi) is 10.6. The van der Waals surface area contributed by atoms with Crippen molar-refractivity contribution in [3.05, 3.63) is 53.6 Å². The number of nitrogens with zero attached hydrogens (tertiary/aromatic N) is 2. The number of rotatable bonds is 11.